The Balaban J connectivity index is 2.16. The van der Waals surface area contributed by atoms with E-state index < -0.39 is 0 Å². The average molecular weight is 255 g/mol. The number of hydrogen-bond acceptors (Lipinski definition) is 2. The van der Waals surface area contributed by atoms with Crippen molar-refractivity contribution in [3.05, 3.63) is 22.7 Å². The lowest BCUT2D eigenvalue weighted by molar-refractivity contribution is 0.307. The van der Waals surface area contributed by atoms with Crippen molar-refractivity contribution in [3.8, 4) is 0 Å². The number of rotatable bonds is 2. The molecule has 2 rings (SSSR count). The summed E-state index contributed by atoms with van der Waals surface area (Å²) >= 11 is 3.40. The molecule has 1 aliphatic rings. The Morgan fingerprint density at radius 2 is 2.14 bits per heavy atom. The van der Waals surface area contributed by atoms with Crippen molar-refractivity contribution in [2.75, 3.05) is 11.1 Å². The highest BCUT2D eigenvalue weighted by molar-refractivity contribution is 9.10. The topological polar surface area (TPSA) is 38.0 Å². The Morgan fingerprint density at radius 1 is 1.43 bits per heavy atom. The van der Waals surface area contributed by atoms with Crippen molar-refractivity contribution in [2.24, 2.45) is 0 Å². The lowest BCUT2D eigenvalue weighted by Crippen LogP contribution is -2.41. The van der Waals surface area contributed by atoms with Crippen LogP contribution in [0, 0.1) is 0 Å². The van der Waals surface area contributed by atoms with Gasteiger partial charge in [-0.25, -0.2) is 0 Å². The Morgan fingerprint density at radius 3 is 2.64 bits per heavy atom. The van der Waals surface area contributed by atoms with Crippen molar-refractivity contribution in [3.63, 3.8) is 0 Å². The van der Waals surface area contributed by atoms with Crippen molar-refractivity contribution < 1.29 is 0 Å². The summed E-state index contributed by atoms with van der Waals surface area (Å²) in [6, 6.07) is 5.98. The molecular formula is C11H15BrN2. The monoisotopic (exact) mass is 254 g/mol. The van der Waals surface area contributed by atoms with Gasteiger partial charge >= 0.3 is 0 Å². The Bertz CT molecular complexity index is 345. The van der Waals surface area contributed by atoms with Crippen LogP contribution in [0.25, 0.3) is 0 Å². The fraction of sp³-hybridized carbons (Fsp3) is 0.455. The predicted molar refractivity (Wildman–Crippen MR) is 64.4 cm³/mol. The maximum Gasteiger partial charge on any atom is 0.0578 e. The molecule has 0 unspecified atom stereocenters. The molecule has 1 aromatic carbocycles. The number of nitrogens with one attached hydrogen (secondary N) is 1. The normalized spacial score (nSPS) is 18.7. The summed E-state index contributed by atoms with van der Waals surface area (Å²) in [4.78, 5) is 0. The van der Waals surface area contributed by atoms with Crippen LogP contribution in [0.2, 0.25) is 0 Å². The predicted octanol–water partition coefficient (Wildman–Crippen LogP) is 3.39. The summed E-state index contributed by atoms with van der Waals surface area (Å²) in [7, 11) is 0. The molecule has 0 heterocycles. The Hall–Kier alpha value is -0.700. The molecule has 2 nitrogen and oxygen atoms in total. The zero-order valence-corrected chi connectivity index (χ0v) is 9.89. The maximum atomic E-state index is 5.91. The molecule has 0 saturated heterocycles. The summed E-state index contributed by atoms with van der Waals surface area (Å²) in [5.74, 6) is 0. The minimum atomic E-state index is 0.266. The number of halogens is 1. The molecule has 0 radical (unpaired) electrons. The number of nitrogens with two attached hydrogens (primary N) is 1. The second kappa shape index (κ2) is 3.46. The highest BCUT2D eigenvalue weighted by atomic mass is 79.9. The minimum absolute atomic E-state index is 0.266. The van der Waals surface area contributed by atoms with E-state index in [1.807, 2.05) is 18.2 Å². The third-order valence-corrected chi connectivity index (χ3v) is 3.40. The molecule has 0 amide bonds. The fourth-order valence-electron chi connectivity index (χ4n) is 1.80. The van der Waals surface area contributed by atoms with E-state index in [4.69, 9.17) is 5.73 Å². The minimum Gasteiger partial charge on any atom is -0.397 e. The van der Waals surface area contributed by atoms with Gasteiger partial charge in [-0.1, -0.05) is 15.9 Å². The van der Waals surface area contributed by atoms with Gasteiger partial charge in [0, 0.05) is 10.0 Å². The van der Waals surface area contributed by atoms with Crippen molar-refractivity contribution in [1.82, 2.24) is 0 Å². The van der Waals surface area contributed by atoms with Gasteiger partial charge in [0.05, 0.1) is 11.4 Å². The quantitative estimate of drug-likeness (QED) is 0.795. The third-order valence-electron chi connectivity index (χ3n) is 2.91. The summed E-state index contributed by atoms with van der Waals surface area (Å²) in [6.45, 7) is 2.25. The van der Waals surface area contributed by atoms with Crippen LogP contribution in [0.1, 0.15) is 26.2 Å². The molecule has 0 atom stereocenters. The lowest BCUT2D eigenvalue weighted by atomic mass is 9.78. The first-order valence-electron chi connectivity index (χ1n) is 4.92. The van der Waals surface area contributed by atoms with Crippen LogP contribution in [0.15, 0.2) is 22.7 Å². The van der Waals surface area contributed by atoms with Crippen molar-refractivity contribution in [1.29, 1.82) is 0 Å². The third kappa shape index (κ3) is 1.87. The van der Waals surface area contributed by atoms with E-state index in [0.717, 1.165) is 15.8 Å². The molecule has 14 heavy (non-hydrogen) atoms. The maximum absolute atomic E-state index is 5.91. The molecular weight excluding hydrogens is 240 g/mol. The van der Waals surface area contributed by atoms with Crippen LogP contribution in [-0.2, 0) is 0 Å². The molecule has 1 aliphatic carbocycles. The van der Waals surface area contributed by atoms with E-state index in [1.165, 1.54) is 19.3 Å². The van der Waals surface area contributed by atoms with Crippen molar-refractivity contribution >= 4 is 27.3 Å². The Kier molecular flexibility index (Phi) is 2.43. The van der Waals surface area contributed by atoms with E-state index in [1.54, 1.807) is 0 Å². The molecule has 0 aromatic heterocycles. The molecule has 1 saturated carbocycles. The first kappa shape index (κ1) is 9.84. The molecule has 0 aliphatic heterocycles. The number of anilines is 2. The van der Waals surface area contributed by atoms with E-state index >= 15 is 0 Å². The zero-order valence-electron chi connectivity index (χ0n) is 8.31. The van der Waals surface area contributed by atoms with Gasteiger partial charge in [-0.2, -0.15) is 0 Å². The van der Waals surface area contributed by atoms with Gasteiger partial charge in [0.15, 0.2) is 0 Å². The van der Waals surface area contributed by atoms with Crippen LogP contribution in [-0.4, -0.2) is 5.54 Å². The van der Waals surface area contributed by atoms with E-state index in [2.05, 4.69) is 28.2 Å². The van der Waals surface area contributed by atoms with E-state index in [9.17, 15) is 0 Å². The van der Waals surface area contributed by atoms with E-state index in [-0.39, 0.29) is 5.54 Å². The zero-order chi connectivity index (χ0) is 10.2. The largest absolute Gasteiger partial charge is 0.397 e. The Labute approximate surface area is 93.0 Å². The first-order valence-corrected chi connectivity index (χ1v) is 5.72. The van der Waals surface area contributed by atoms with Gasteiger partial charge in [0.2, 0.25) is 0 Å². The summed E-state index contributed by atoms with van der Waals surface area (Å²) in [6.07, 6.45) is 3.80. The fourth-order valence-corrected chi connectivity index (χ4v) is 2.18. The molecule has 0 bridgehead atoms. The van der Waals surface area contributed by atoms with Gasteiger partial charge < -0.3 is 11.1 Å². The number of nitrogen functional groups attached to an aromatic ring is 1. The van der Waals surface area contributed by atoms with Crippen LogP contribution in [0.3, 0.4) is 0 Å². The molecule has 1 aromatic rings. The second-order valence-corrected chi connectivity index (χ2v) is 5.19. The van der Waals surface area contributed by atoms with Gasteiger partial charge in [-0.3, -0.25) is 0 Å². The average Bonchev–Trinajstić information content (AvgIpc) is 2.07. The first-order chi connectivity index (χ1) is 6.59. The van der Waals surface area contributed by atoms with E-state index in [0.29, 0.717) is 0 Å². The molecule has 76 valence electrons. The smallest absolute Gasteiger partial charge is 0.0578 e. The van der Waals surface area contributed by atoms with Crippen LogP contribution in [0.5, 0.6) is 0 Å². The summed E-state index contributed by atoms with van der Waals surface area (Å²) < 4.78 is 1.03. The number of hydrogen-bond donors (Lipinski definition) is 2. The lowest BCUT2D eigenvalue weighted by Gasteiger charge is -2.40. The molecule has 0 spiro atoms. The van der Waals surface area contributed by atoms with Crippen LogP contribution in [0.4, 0.5) is 11.4 Å². The number of benzene rings is 1. The van der Waals surface area contributed by atoms with Gasteiger partial charge in [0.1, 0.15) is 0 Å². The SMILES string of the molecule is CC1(Nc2ccc(Br)cc2N)CCC1. The summed E-state index contributed by atoms with van der Waals surface area (Å²) in [5.41, 5.74) is 8.04. The van der Waals surface area contributed by atoms with Crippen LogP contribution < -0.4 is 11.1 Å². The standard InChI is InChI=1S/C11H15BrN2/c1-11(5-2-6-11)14-10-4-3-8(12)7-9(10)13/h3-4,7,14H,2,5-6,13H2,1H3. The van der Waals surface area contributed by atoms with Crippen molar-refractivity contribution in [2.45, 2.75) is 31.7 Å². The van der Waals surface area contributed by atoms with Gasteiger partial charge in [0.25, 0.3) is 0 Å². The molecule has 1 fully saturated rings. The summed E-state index contributed by atoms with van der Waals surface area (Å²) in [5, 5.41) is 3.50. The van der Waals surface area contributed by atoms with Crippen LogP contribution >= 0.6 is 15.9 Å². The highest BCUT2D eigenvalue weighted by Gasteiger charge is 2.31. The highest BCUT2D eigenvalue weighted by Crippen LogP contribution is 2.36. The second-order valence-electron chi connectivity index (χ2n) is 4.27. The molecule has 3 heteroatoms. The van der Waals surface area contributed by atoms with Gasteiger partial charge in [-0.15, -0.1) is 0 Å². The van der Waals surface area contributed by atoms with Gasteiger partial charge in [-0.05, 0) is 44.4 Å². The molecule has 3 N–H and O–H groups in total.